The zero-order valence-corrected chi connectivity index (χ0v) is 18.0. The molecule has 0 aliphatic rings. The minimum absolute atomic E-state index is 0.0643. The van der Waals surface area contributed by atoms with Crippen LogP contribution >= 0.6 is 0 Å². The number of aromatic nitrogens is 2. The van der Waals surface area contributed by atoms with Gasteiger partial charge in [-0.15, -0.1) is 0 Å². The van der Waals surface area contributed by atoms with Crippen molar-refractivity contribution in [3.8, 4) is 11.4 Å². The molecule has 4 aromatic rings. The van der Waals surface area contributed by atoms with E-state index in [1.54, 1.807) is 6.20 Å². The van der Waals surface area contributed by atoms with Gasteiger partial charge in [0.1, 0.15) is 5.82 Å². The fraction of sp³-hybridized carbons (Fsp3) is 0.148. The van der Waals surface area contributed by atoms with Crippen molar-refractivity contribution >= 4 is 17.4 Å². The minimum atomic E-state index is -0.0643. The monoisotopic (exact) mass is 422 g/mol. The number of hydrogen-bond acceptors (Lipinski definition) is 4. The summed E-state index contributed by atoms with van der Waals surface area (Å²) in [4.78, 5) is 21.5. The maximum absolute atomic E-state index is 12.6. The van der Waals surface area contributed by atoms with Crippen LogP contribution in [0.4, 0.5) is 11.5 Å². The Labute approximate surface area is 188 Å². The van der Waals surface area contributed by atoms with Crippen LogP contribution in [0.25, 0.3) is 11.4 Å². The van der Waals surface area contributed by atoms with E-state index in [-0.39, 0.29) is 11.9 Å². The standard InChI is InChI=1S/C27H26N4O/c1-20(12-13-21-8-4-2-5-9-21)29-27(32)23-14-16-24(17-15-23)30-25-18-19-28-26(31-25)22-10-6-3-7-11-22/h2-11,14-20H,12-13H2,1H3,(H,29,32)(H,28,30,31)/t20-/m0/s1. The topological polar surface area (TPSA) is 66.9 Å². The largest absolute Gasteiger partial charge is 0.350 e. The molecule has 32 heavy (non-hydrogen) atoms. The molecular weight excluding hydrogens is 396 g/mol. The molecular formula is C27H26N4O. The van der Waals surface area contributed by atoms with E-state index in [1.165, 1.54) is 5.56 Å². The van der Waals surface area contributed by atoms with E-state index in [9.17, 15) is 4.79 Å². The summed E-state index contributed by atoms with van der Waals surface area (Å²) in [6, 6.07) is 29.5. The van der Waals surface area contributed by atoms with Gasteiger partial charge in [-0.25, -0.2) is 9.97 Å². The smallest absolute Gasteiger partial charge is 0.251 e. The Morgan fingerprint density at radius 2 is 1.56 bits per heavy atom. The number of carbonyl (C=O) groups excluding carboxylic acids is 1. The number of anilines is 2. The minimum Gasteiger partial charge on any atom is -0.350 e. The van der Waals surface area contributed by atoms with Gasteiger partial charge < -0.3 is 10.6 Å². The van der Waals surface area contributed by atoms with E-state index in [0.29, 0.717) is 17.2 Å². The molecule has 1 aromatic heterocycles. The van der Waals surface area contributed by atoms with Gasteiger partial charge in [0, 0.05) is 29.1 Å². The third-order valence-electron chi connectivity index (χ3n) is 5.19. The first-order chi connectivity index (χ1) is 15.7. The molecule has 4 rings (SSSR count). The first-order valence-electron chi connectivity index (χ1n) is 10.8. The van der Waals surface area contributed by atoms with Crippen LogP contribution in [0.2, 0.25) is 0 Å². The van der Waals surface area contributed by atoms with Gasteiger partial charge in [0.15, 0.2) is 5.82 Å². The molecule has 1 atom stereocenters. The zero-order chi connectivity index (χ0) is 22.2. The van der Waals surface area contributed by atoms with E-state index in [4.69, 9.17) is 0 Å². The molecule has 5 nitrogen and oxygen atoms in total. The van der Waals surface area contributed by atoms with Crippen molar-refractivity contribution in [2.24, 2.45) is 0 Å². The second-order valence-electron chi connectivity index (χ2n) is 7.73. The second kappa shape index (κ2) is 10.4. The summed E-state index contributed by atoms with van der Waals surface area (Å²) >= 11 is 0. The highest BCUT2D eigenvalue weighted by atomic mass is 16.1. The fourth-order valence-corrected chi connectivity index (χ4v) is 3.41. The lowest BCUT2D eigenvalue weighted by atomic mass is 10.1. The predicted octanol–water partition coefficient (Wildman–Crippen LogP) is 5.64. The summed E-state index contributed by atoms with van der Waals surface area (Å²) < 4.78 is 0. The summed E-state index contributed by atoms with van der Waals surface area (Å²) in [5.41, 5.74) is 3.74. The highest BCUT2D eigenvalue weighted by Crippen LogP contribution is 2.19. The van der Waals surface area contributed by atoms with Gasteiger partial charge in [-0.2, -0.15) is 0 Å². The molecule has 5 heteroatoms. The van der Waals surface area contributed by atoms with Crippen molar-refractivity contribution in [3.05, 3.63) is 108 Å². The maximum Gasteiger partial charge on any atom is 0.251 e. The molecule has 1 heterocycles. The molecule has 0 spiro atoms. The quantitative estimate of drug-likeness (QED) is 0.386. The average Bonchev–Trinajstić information content (AvgIpc) is 2.84. The number of nitrogens with zero attached hydrogens (tertiary/aromatic N) is 2. The van der Waals surface area contributed by atoms with Crippen molar-refractivity contribution < 1.29 is 4.79 Å². The molecule has 0 aliphatic carbocycles. The van der Waals surface area contributed by atoms with Crippen LogP contribution in [-0.2, 0) is 6.42 Å². The number of benzene rings is 3. The van der Waals surface area contributed by atoms with Crippen LogP contribution in [0, 0.1) is 0 Å². The Kier molecular flexibility index (Phi) is 6.88. The lowest BCUT2D eigenvalue weighted by Gasteiger charge is -2.14. The number of amides is 1. The first kappa shape index (κ1) is 21.2. The first-order valence-corrected chi connectivity index (χ1v) is 10.8. The molecule has 0 saturated heterocycles. The van der Waals surface area contributed by atoms with Crippen LogP contribution in [-0.4, -0.2) is 21.9 Å². The van der Waals surface area contributed by atoms with E-state index in [0.717, 1.165) is 24.1 Å². The summed E-state index contributed by atoms with van der Waals surface area (Å²) in [6.07, 6.45) is 3.57. The number of carbonyl (C=O) groups is 1. The highest BCUT2D eigenvalue weighted by Gasteiger charge is 2.10. The van der Waals surface area contributed by atoms with Crippen molar-refractivity contribution in [2.75, 3.05) is 5.32 Å². The third kappa shape index (κ3) is 5.79. The Balaban J connectivity index is 1.33. The summed E-state index contributed by atoms with van der Waals surface area (Å²) in [5, 5.41) is 6.36. The van der Waals surface area contributed by atoms with Crippen molar-refractivity contribution in [1.82, 2.24) is 15.3 Å². The Hall–Kier alpha value is -3.99. The maximum atomic E-state index is 12.6. The molecule has 0 aliphatic heterocycles. The van der Waals surface area contributed by atoms with Crippen LogP contribution < -0.4 is 10.6 Å². The number of hydrogen-bond donors (Lipinski definition) is 2. The molecule has 0 fully saturated rings. The number of rotatable bonds is 8. The average molecular weight is 423 g/mol. The molecule has 0 bridgehead atoms. The van der Waals surface area contributed by atoms with Crippen molar-refractivity contribution in [1.29, 1.82) is 0 Å². The second-order valence-corrected chi connectivity index (χ2v) is 7.73. The van der Waals surface area contributed by atoms with Crippen LogP contribution in [0.5, 0.6) is 0 Å². The van der Waals surface area contributed by atoms with Crippen molar-refractivity contribution in [2.45, 2.75) is 25.8 Å². The predicted molar refractivity (Wildman–Crippen MR) is 129 cm³/mol. The van der Waals surface area contributed by atoms with E-state index in [2.05, 4.69) is 32.7 Å². The van der Waals surface area contributed by atoms with Gasteiger partial charge in [0.2, 0.25) is 0 Å². The van der Waals surface area contributed by atoms with Gasteiger partial charge in [-0.1, -0.05) is 60.7 Å². The summed E-state index contributed by atoms with van der Waals surface area (Å²) in [6.45, 7) is 2.04. The van der Waals surface area contributed by atoms with Gasteiger partial charge in [-0.3, -0.25) is 4.79 Å². The molecule has 0 saturated carbocycles. The lowest BCUT2D eigenvalue weighted by Crippen LogP contribution is -2.32. The zero-order valence-electron chi connectivity index (χ0n) is 18.0. The Morgan fingerprint density at radius 3 is 2.28 bits per heavy atom. The molecule has 3 aromatic carbocycles. The normalized spacial score (nSPS) is 11.5. The Morgan fingerprint density at radius 1 is 0.875 bits per heavy atom. The molecule has 0 unspecified atom stereocenters. The lowest BCUT2D eigenvalue weighted by molar-refractivity contribution is 0.0938. The fourth-order valence-electron chi connectivity index (χ4n) is 3.41. The van der Waals surface area contributed by atoms with E-state index < -0.39 is 0 Å². The van der Waals surface area contributed by atoms with Crippen LogP contribution in [0.1, 0.15) is 29.3 Å². The molecule has 0 radical (unpaired) electrons. The summed E-state index contributed by atoms with van der Waals surface area (Å²) in [7, 11) is 0. The number of aryl methyl sites for hydroxylation is 1. The summed E-state index contributed by atoms with van der Waals surface area (Å²) in [5.74, 6) is 1.30. The van der Waals surface area contributed by atoms with Gasteiger partial charge in [0.05, 0.1) is 0 Å². The number of nitrogens with one attached hydrogen (secondary N) is 2. The highest BCUT2D eigenvalue weighted by molar-refractivity contribution is 5.94. The molecule has 2 N–H and O–H groups in total. The molecule has 160 valence electrons. The molecule has 1 amide bonds. The van der Waals surface area contributed by atoms with Crippen LogP contribution in [0.3, 0.4) is 0 Å². The Bertz CT molecular complexity index is 1150. The van der Waals surface area contributed by atoms with Gasteiger partial charge in [-0.05, 0) is 55.7 Å². The van der Waals surface area contributed by atoms with Crippen molar-refractivity contribution in [3.63, 3.8) is 0 Å². The van der Waals surface area contributed by atoms with E-state index in [1.807, 2.05) is 85.8 Å². The third-order valence-corrected chi connectivity index (χ3v) is 5.19. The SMILES string of the molecule is C[C@@H](CCc1ccccc1)NC(=O)c1ccc(Nc2ccnc(-c3ccccc3)n2)cc1. The van der Waals surface area contributed by atoms with Crippen LogP contribution in [0.15, 0.2) is 97.2 Å². The van der Waals surface area contributed by atoms with Gasteiger partial charge >= 0.3 is 0 Å². The van der Waals surface area contributed by atoms with E-state index >= 15 is 0 Å². The van der Waals surface area contributed by atoms with Gasteiger partial charge in [0.25, 0.3) is 5.91 Å².